The zero-order valence-electron chi connectivity index (χ0n) is 10.2. The summed E-state index contributed by atoms with van der Waals surface area (Å²) in [5.41, 5.74) is 3.06. The van der Waals surface area contributed by atoms with E-state index in [1.807, 2.05) is 30.3 Å². The molecule has 2 aromatic rings. The van der Waals surface area contributed by atoms with E-state index in [0.29, 0.717) is 0 Å². The molecule has 0 N–H and O–H groups in total. The molecular formula is C14H15ClN2. The van der Waals surface area contributed by atoms with E-state index in [1.54, 1.807) is 6.33 Å². The van der Waals surface area contributed by atoms with Crippen LogP contribution in [0.5, 0.6) is 0 Å². The molecular weight excluding hydrogens is 232 g/mol. The topological polar surface area (TPSA) is 25.8 Å². The van der Waals surface area contributed by atoms with E-state index >= 15 is 0 Å². The van der Waals surface area contributed by atoms with Crippen molar-refractivity contribution in [3.05, 3.63) is 47.4 Å². The van der Waals surface area contributed by atoms with Gasteiger partial charge in [-0.15, -0.1) is 0 Å². The summed E-state index contributed by atoms with van der Waals surface area (Å²) in [6, 6.07) is 9.71. The van der Waals surface area contributed by atoms with Gasteiger partial charge in [-0.2, -0.15) is 0 Å². The van der Waals surface area contributed by atoms with E-state index in [0.717, 1.165) is 22.0 Å². The molecule has 0 amide bonds. The number of halogens is 1. The van der Waals surface area contributed by atoms with Gasteiger partial charge in [-0.25, -0.2) is 9.97 Å². The largest absolute Gasteiger partial charge is 0.241 e. The Morgan fingerprint density at radius 3 is 2.24 bits per heavy atom. The molecule has 1 heterocycles. The monoisotopic (exact) mass is 246 g/mol. The highest BCUT2D eigenvalue weighted by atomic mass is 35.5. The van der Waals surface area contributed by atoms with Gasteiger partial charge in [0, 0.05) is 21.7 Å². The molecule has 88 valence electrons. The average molecular weight is 247 g/mol. The van der Waals surface area contributed by atoms with Gasteiger partial charge in [-0.3, -0.25) is 0 Å². The fourth-order valence-electron chi connectivity index (χ4n) is 1.55. The Morgan fingerprint density at radius 1 is 1.00 bits per heavy atom. The van der Waals surface area contributed by atoms with Crippen LogP contribution in [0.2, 0.25) is 5.02 Å². The normalized spacial score (nSPS) is 11.5. The summed E-state index contributed by atoms with van der Waals surface area (Å²) in [6.07, 6.45) is 1.62. The first-order valence-electron chi connectivity index (χ1n) is 5.55. The quantitative estimate of drug-likeness (QED) is 0.757. The van der Waals surface area contributed by atoms with Crippen molar-refractivity contribution in [1.29, 1.82) is 0 Å². The summed E-state index contributed by atoms with van der Waals surface area (Å²) >= 11 is 5.87. The third-order valence-corrected chi connectivity index (χ3v) is 2.83. The number of rotatable bonds is 1. The van der Waals surface area contributed by atoms with Crippen molar-refractivity contribution in [2.45, 2.75) is 26.2 Å². The molecule has 2 rings (SSSR count). The molecule has 3 heteroatoms. The van der Waals surface area contributed by atoms with Gasteiger partial charge >= 0.3 is 0 Å². The second-order valence-electron chi connectivity index (χ2n) is 5.05. The summed E-state index contributed by atoms with van der Waals surface area (Å²) in [4.78, 5) is 8.62. The lowest BCUT2D eigenvalue weighted by Crippen LogP contribution is -2.13. The van der Waals surface area contributed by atoms with Gasteiger partial charge in [0.05, 0.1) is 5.69 Å². The Morgan fingerprint density at radius 2 is 1.65 bits per heavy atom. The van der Waals surface area contributed by atoms with Crippen molar-refractivity contribution < 1.29 is 0 Å². The summed E-state index contributed by atoms with van der Waals surface area (Å²) in [5.74, 6) is 0. The molecule has 0 spiro atoms. The SMILES string of the molecule is CC(C)(C)c1cc(-c2ccc(Cl)cc2)ncn1. The smallest absolute Gasteiger partial charge is 0.116 e. The average Bonchev–Trinajstić information content (AvgIpc) is 2.29. The van der Waals surface area contributed by atoms with Gasteiger partial charge < -0.3 is 0 Å². The minimum atomic E-state index is 0.0319. The third-order valence-electron chi connectivity index (χ3n) is 2.58. The Kier molecular flexibility index (Phi) is 3.16. The predicted molar refractivity (Wildman–Crippen MR) is 71.2 cm³/mol. The third kappa shape index (κ3) is 2.83. The first-order chi connectivity index (χ1) is 7.97. The number of benzene rings is 1. The van der Waals surface area contributed by atoms with Gasteiger partial charge in [0.1, 0.15) is 6.33 Å². The van der Waals surface area contributed by atoms with Crippen LogP contribution in [0.15, 0.2) is 36.7 Å². The van der Waals surface area contributed by atoms with E-state index in [1.165, 1.54) is 0 Å². The van der Waals surface area contributed by atoms with E-state index in [4.69, 9.17) is 11.6 Å². The van der Waals surface area contributed by atoms with Crippen LogP contribution in [0.4, 0.5) is 0 Å². The van der Waals surface area contributed by atoms with Gasteiger partial charge in [0.2, 0.25) is 0 Å². The molecule has 1 aromatic heterocycles. The van der Waals surface area contributed by atoms with Gasteiger partial charge in [-0.1, -0.05) is 44.5 Å². The van der Waals surface area contributed by atoms with Crippen molar-refractivity contribution in [3.63, 3.8) is 0 Å². The van der Waals surface area contributed by atoms with Crippen LogP contribution in [0.3, 0.4) is 0 Å². The molecule has 0 unspecified atom stereocenters. The summed E-state index contributed by atoms with van der Waals surface area (Å²) in [5, 5.41) is 0.735. The summed E-state index contributed by atoms with van der Waals surface area (Å²) in [6.45, 7) is 6.42. The molecule has 0 fully saturated rings. The lowest BCUT2D eigenvalue weighted by Gasteiger charge is -2.17. The van der Waals surface area contributed by atoms with Crippen molar-refractivity contribution in [3.8, 4) is 11.3 Å². The van der Waals surface area contributed by atoms with E-state index < -0.39 is 0 Å². The maximum Gasteiger partial charge on any atom is 0.116 e. The van der Waals surface area contributed by atoms with E-state index in [2.05, 4.69) is 30.7 Å². The highest BCUT2D eigenvalue weighted by molar-refractivity contribution is 6.30. The standard InChI is InChI=1S/C14H15ClN2/c1-14(2,3)13-8-12(16-9-17-13)10-4-6-11(15)7-5-10/h4-9H,1-3H3. The molecule has 2 nitrogen and oxygen atoms in total. The predicted octanol–water partition coefficient (Wildman–Crippen LogP) is 4.09. The molecule has 0 bridgehead atoms. The molecule has 17 heavy (non-hydrogen) atoms. The van der Waals surface area contributed by atoms with Crippen LogP contribution in [-0.4, -0.2) is 9.97 Å². The molecule has 0 aliphatic carbocycles. The Bertz CT molecular complexity index is 512. The minimum Gasteiger partial charge on any atom is -0.241 e. The molecule has 0 saturated carbocycles. The number of hydrogen-bond donors (Lipinski definition) is 0. The summed E-state index contributed by atoms with van der Waals surface area (Å²) < 4.78 is 0. The molecule has 0 aliphatic heterocycles. The lowest BCUT2D eigenvalue weighted by atomic mass is 9.91. The molecule has 0 atom stereocenters. The number of aromatic nitrogens is 2. The maximum absolute atomic E-state index is 5.87. The number of hydrogen-bond acceptors (Lipinski definition) is 2. The van der Waals surface area contributed by atoms with Crippen molar-refractivity contribution in [1.82, 2.24) is 9.97 Å². The summed E-state index contributed by atoms with van der Waals surface area (Å²) in [7, 11) is 0. The fourth-order valence-corrected chi connectivity index (χ4v) is 1.67. The van der Waals surface area contributed by atoms with E-state index in [9.17, 15) is 0 Å². The first kappa shape index (κ1) is 12.1. The van der Waals surface area contributed by atoms with Gasteiger partial charge in [-0.05, 0) is 18.2 Å². The maximum atomic E-state index is 5.87. The molecule has 0 saturated heterocycles. The van der Waals surface area contributed by atoms with E-state index in [-0.39, 0.29) is 5.41 Å². The van der Waals surface area contributed by atoms with Crippen molar-refractivity contribution >= 4 is 11.6 Å². The Balaban J connectivity index is 2.43. The van der Waals surface area contributed by atoms with Crippen LogP contribution in [0.25, 0.3) is 11.3 Å². The van der Waals surface area contributed by atoms with Gasteiger partial charge in [0.15, 0.2) is 0 Å². The number of nitrogens with zero attached hydrogens (tertiary/aromatic N) is 2. The van der Waals surface area contributed by atoms with Crippen LogP contribution >= 0.6 is 11.6 Å². The molecule has 0 radical (unpaired) electrons. The lowest BCUT2D eigenvalue weighted by molar-refractivity contribution is 0.567. The van der Waals surface area contributed by atoms with Gasteiger partial charge in [0.25, 0.3) is 0 Å². The Hall–Kier alpha value is -1.41. The van der Waals surface area contributed by atoms with Crippen LogP contribution < -0.4 is 0 Å². The zero-order chi connectivity index (χ0) is 12.5. The minimum absolute atomic E-state index is 0.0319. The van der Waals surface area contributed by atoms with Crippen LogP contribution in [0, 0.1) is 0 Å². The first-order valence-corrected chi connectivity index (χ1v) is 5.93. The van der Waals surface area contributed by atoms with Crippen molar-refractivity contribution in [2.75, 3.05) is 0 Å². The molecule has 1 aromatic carbocycles. The highest BCUT2D eigenvalue weighted by Gasteiger charge is 2.16. The Labute approximate surface area is 107 Å². The zero-order valence-corrected chi connectivity index (χ0v) is 11.0. The van der Waals surface area contributed by atoms with Crippen LogP contribution in [-0.2, 0) is 5.41 Å². The highest BCUT2D eigenvalue weighted by Crippen LogP contribution is 2.24. The molecule has 0 aliphatic rings. The second kappa shape index (κ2) is 4.46. The van der Waals surface area contributed by atoms with Crippen LogP contribution in [0.1, 0.15) is 26.5 Å². The van der Waals surface area contributed by atoms with Crippen molar-refractivity contribution in [2.24, 2.45) is 0 Å². The fraction of sp³-hybridized carbons (Fsp3) is 0.286. The second-order valence-corrected chi connectivity index (χ2v) is 5.48.